The third-order valence-electron chi connectivity index (χ3n) is 0.930. The van der Waals surface area contributed by atoms with Crippen molar-refractivity contribution in [2.75, 3.05) is 0 Å². The molecule has 0 radical (unpaired) electrons. The number of nitrogens with zero attached hydrogens (tertiary/aromatic N) is 3. The van der Waals surface area contributed by atoms with Crippen LogP contribution in [0.5, 0.6) is 0 Å². The lowest BCUT2D eigenvalue weighted by Gasteiger charge is -2.05. The Morgan fingerprint density at radius 3 is 2.25 bits per heavy atom. The molecule has 0 aliphatic heterocycles. The van der Waals surface area contributed by atoms with Gasteiger partial charge in [0.05, 0.1) is 0 Å². The van der Waals surface area contributed by atoms with Crippen molar-refractivity contribution in [3.05, 3.63) is 9.47 Å². The van der Waals surface area contributed by atoms with Crippen molar-refractivity contribution in [2.24, 2.45) is 0 Å². The molecule has 68 valence electrons. The number of hydrogen-bond acceptors (Lipinski definition) is 2. The first kappa shape index (κ1) is 9.97. The summed E-state index contributed by atoms with van der Waals surface area (Å²) in [5.41, 5.74) is 0. The highest BCUT2D eigenvalue weighted by Crippen LogP contribution is 2.20. The zero-order chi connectivity index (χ0) is 9.35. The molecule has 1 aromatic heterocycles. The second-order valence-electron chi connectivity index (χ2n) is 1.92. The Kier molecular flexibility index (Phi) is 2.77. The van der Waals surface area contributed by atoms with E-state index in [0.717, 1.165) is 0 Å². The zero-order valence-electron chi connectivity index (χ0n) is 5.44. The van der Waals surface area contributed by atoms with Crippen molar-refractivity contribution in [1.82, 2.24) is 14.8 Å². The van der Waals surface area contributed by atoms with Gasteiger partial charge in [-0.25, -0.2) is 4.68 Å². The zero-order valence-corrected chi connectivity index (χ0v) is 8.61. The summed E-state index contributed by atoms with van der Waals surface area (Å²) < 4.78 is 36.3. The van der Waals surface area contributed by atoms with E-state index in [1.54, 1.807) is 0 Å². The van der Waals surface area contributed by atoms with E-state index in [1.807, 2.05) is 0 Å². The van der Waals surface area contributed by atoms with Crippen LogP contribution in [0.15, 0.2) is 9.47 Å². The van der Waals surface area contributed by atoms with Crippen LogP contribution in [0.25, 0.3) is 0 Å². The molecule has 0 N–H and O–H groups in total. The number of alkyl halides is 3. The molecule has 1 heterocycles. The largest absolute Gasteiger partial charge is 0.408 e. The summed E-state index contributed by atoms with van der Waals surface area (Å²) in [6.45, 7) is -1.15. The second-order valence-corrected chi connectivity index (χ2v) is 3.34. The first-order chi connectivity index (χ1) is 5.38. The Morgan fingerprint density at radius 2 is 1.92 bits per heavy atom. The van der Waals surface area contributed by atoms with Gasteiger partial charge in [0, 0.05) is 0 Å². The Bertz CT molecular complexity index is 282. The van der Waals surface area contributed by atoms with Gasteiger partial charge in [0.2, 0.25) is 4.73 Å². The number of rotatable bonds is 1. The SMILES string of the molecule is FC(F)(F)Cn1nc(Br)nc1Br. The number of halogens is 5. The molecule has 12 heavy (non-hydrogen) atoms. The van der Waals surface area contributed by atoms with Crippen LogP contribution in [-0.2, 0) is 6.54 Å². The minimum absolute atomic E-state index is 0.0479. The molecule has 1 aromatic rings. The van der Waals surface area contributed by atoms with Crippen LogP contribution >= 0.6 is 31.9 Å². The molecule has 0 atom stereocenters. The first-order valence-electron chi connectivity index (χ1n) is 2.71. The van der Waals surface area contributed by atoms with Gasteiger partial charge in [-0.15, -0.1) is 5.10 Å². The van der Waals surface area contributed by atoms with Crippen LogP contribution in [0.3, 0.4) is 0 Å². The van der Waals surface area contributed by atoms with E-state index in [9.17, 15) is 13.2 Å². The molecule has 1 rings (SSSR count). The van der Waals surface area contributed by atoms with Gasteiger partial charge in [0.25, 0.3) is 0 Å². The van der Waals surface area contributed by atoms with E-state index in [1.165, 1.54) is 0 Å². The highest BCUT2D eigenvalue weighted by Gasteiger charge is 2.29. The summed E-state index contributed by atoms with van der Waals surface area (Å²) in [7, 11) is 0. The molecule has 8 heteroatoms. The number of aromatic nitrogens is 3. The summed E-state index contributed by atoms with van der Waals surface area (Å²) in [5.74, 6) is 0. The highest BCUT2D eigenvalue weighted by molar-refractivity contribution is 9.11. The quantitative estimate of drug-likeness (QED) is 0.797. The van der Waals surface area contributed by atoms with Crippen LogP contribution in [0.2, 0.25) is 0 Å². The topological polar surface area (TPSA) is 30.7 Å². The minimum atomic E-state index is -4.28. The molecule has 0 aliphatic rings. The lowest BCUT2D eigenvalue weighted by molar-refractivity contribution is -0.143. The van der Waals surface area contributed by atoms with Gasteiger partial charge >= 0.3 is 6.18 Å². The molecule has 0 aromatic carbocycles. The molecule has 3 nitrogen and oxygen atoms in total. The van der Waals surface area contributed by atoms with Gasteiger partial charge in [0.1, 0.15) is 6.54 Å². The molecular formula is C4H2Br2F3N3. The fourth-order valence-corrected chi connectivity index (χ4v) is 1.54. The lowest BCUT2D eigenvalue weighted by Crippen LogP contribution is -2.18. The Labute approximate surface area is 82.2 Å². The van der Waals surface area contributed by atoms with Gasteiger partial charge < -0.3 is 0 Å². The monoisotopic (exact) mass is 307 g/mol. The standard InChI is InChI=1S/C4H2Br2F3N3/c5-2-10-3(6)12(11-2)1-4(7,8)9/h1H2. The van der Waals surface area contributed by atoms with Crippen molar-refractivity contribution < 1.29 is 13.2 Å². The molecule has 0 bridgehead atoms. The summed E-state index contributed by atoms with van der Waals surface area (Å²) in [4.78, 5) is 3.58. The lowest BCUT2D eigenvalue weighted by atomic mass is 10.6. The predicted molar refractivity (Wildman–Crippen MR) is 41.5 cm³/mol. The number of hydrogen-bond donors (Lipinski definition) is 0. The van der Waals surface area contributed by atoms with E-state index < -0.39 is 12.7 Å². The molecule has 0 saturated heterocycles. The molecule has 0 fully saturated rings. The van der Waals surface area contributed by atoms with Gasteiger partial charge in [0.15, 0.2) is 4.73 Å². The van der Waals surface area contributed by atoms with Crippen LogP contribution in [0, 0.1) is 0 Å². The maximum absolute atomic E-state index is 11.8. The van der Waals surface area contributed by atoms with Crippen molar-refractivity contribution in [3.63, 3.8) is 0 Å². The Balaban J connectivity index is 2.82. The average Bonchev–Trinajstić information content (AvgIpc) is 2.06. The first-order valence-corrected chi connectivity index (χ1v) is 4.30. The molecule has 0 spiro atoms. The summed E-state index contributed by atoms with van der Waals surface area (Å²) in [5, 5.41) is 3.45. The third kappa shape index (κ3) is 2.74. The smallest absolute Gasteiger partial charge is 0.230 e. The Hall–Kier alpha value is -0.110. The average molecular weight is 309 g/mol. The molecule has 0 amide bonds. The fourth-order valence-electron chi connectivity index (χ4n) is 0.567. The predicted octanol–water partition coefficient (Wildman–Crippen LogP) is 2.37. The molecule has 0 aliphatic carbocycles. The Morgan fingerprint density at radius 1 is 1.33 bits per heavy atom. The van der Waals surface area contributed by atoms with Crippen molar-refractivity contribution in [2.45, 2.75) is 12.7 Å². The molecular weight excluding hydrogens is 307 g/mol. The van der Waals surface area contributed by atoms with Crippen molar-refractivity contribution in [1.29, 1.82) is 0 Å². The van der Waals surface area contributed by atoms with Gasteiger partial charge in [-0.05, 0) is 31.9 Å². The fraction of sp³-hybridized carbons (Fsp3) is 0.500. The summed E-state index contributed by atoms with van der Waals surface area (Å²) in [6, 6.07) is 0. The highest BCUT2D eigenvalue weighted by atomic mass is 79.9. The molecule has 0 saturated carbocycles. The van der Waals surface area contributed by atoms with Gasteiger partial charge in [-0.1, -0.05) is 0 Å². The summed E-state index contributed by atoms with van der Waals surface area (Å²) >= 11 is 5.68. The maximum atomic E-state index is 11.8. The van der Waals surface area contributed by atoms with Gasteiger partial charge in [-0.2, -0.15) is 18.2 Å². The molecule has 0 unspecified atom stereocenters. The van der Waals surface area contributed by atoms with E-state index in [-0.39, 0.29) is 9.47 Å². The van der Waals surface area contributed by atoms with E-state index in [4.69, 9.17) is 0 Å². The minimum Gasteiger partial charge on any atom is -0.230 e. The van der Waals surface area contributed by atoms with Crippen LogP contribution in [0.1, 0.15) is 0 Å². The van der Waals surface area contributed by atoms with Gasteiger partial charge in [-0.3, -0.25) is 0 Å². The van der Waals surface area contributed by atoms with Crippen LogP contribution < -0.4 is 0 Å². The normalized spacial score (nSPS) is 12.1. The van der Waals surface area contributed by atoms with Crippen LogP contribution in [-0.4, -0.2) is 20.9 Å². The van der Waals surface area contributed by atoms with E-state index in [2.05, 4.69) is 41.9 Å². The van der Waals surface area contributed by atoms with Crippen molar-refractivity contribution in [3.8, 4) is 0 Å². The second kappa shape index (κ2) is 3.33. The van der Waals surface area contributed by atoms with Crippen molar-refractivity contribution >= 4 is 31.9 Å². The van der Waals surface area contributed by atoms with Crippen LogP contribution in [0.4, 0.5) is 13.2 Å². The maximum Gasteiger partial charge on any atom is 0.408 e. The third-order valence-corrected chi connectivity index (χ3v) is 1.85. The van der Waals surface area contributed by atoms with E-state index >= 15 is 0 Å². The van der Waals surface area contributed by atoms with E-state index in [0.29, 0.717) is 4.68 Å². The summed E-state index contributed by atoms with van der Waals surface area (Å²) in [6.07, 6.45) is -4.28.